The molecule has 176 valence electrons. The Morgan fingerprint density at radius 2 is 1.56 bits per heavy atom. The van der Waals surface area contributed by atoms with Crippen molar-refractivity contribution in [3.8, 4) is 5.75 Å². The maximum absolute atomic E-state index is 12.7. The molecule has 0 spiro atoms. The van der Waals surface area contributed by atoms with Crippen LogP contribution in [0, 0.1) is 0 Å². The molecule has 0 radical (unpaired) electrons. The zero-order valence-electron chi connectivity index (χ0n) is 16.1. The summed E-state index contributed by atoms with van der Waals surface area (Å²) in [5, 5.41) is 9.87. The number of hydrogen-bond acceptors (Lipinski definition) is 6. The number of aliphatic hydroxyl groups is 1. The topological polar surface area (TPSA) is 98.9 Å². The molecule has 32 heavy (non-hydrogen) atoms. The van der Waals surface area contributed by atoms with Gasteiger partial charge >= 0.3 is 24.3 Å². The summed E-state index contributed by atoms with van der Waals surface area (Å²) in [5.41, 5.74) is 0.0781. The van der Waals surface area contributed by atoms with Gasteiger partial charge in [-0.2, -0.15) is 26.3 Å². The van der Waals surface area contributed by atoms with E-state index in [1.807, 2.05) is 22.6 Å². The number of alkyl halides is 7. The first-order chi connectivity index (χ1) is 14.6. The van der Waals surface area contributed by atoms with Gasteiger partial charge in [0, 0.05) is 6.04 Å². The monoisotopic (exact) mass is 579 g/mol. The summed E-state index contributed by atoms with van der Waals surface area (Å²) in [5.74, 6) is -1.92. The number of benzene rings is 2. The molecular formula is C19H16F6INO5. The molecule has 2 aromatic rings. The van der Waals surface area contributed by atoms with Crippen LogP contribution in [0.4, 0.5) is 26.3 Å². The van der Waals surface area contributed by atoms with Gasteiger partial charge in [0.05, 0.1) is 5.56 Å². The Morgan fingerprint density at radius 1 is 1.03 bits per heavy atom. The second-order valence-electron chi connectivity index (χ2n) is 6.84. The van der Waals surface area contributed by atoms with Gasteiger partial charge in [0.2, 0.25) is 0 Å². The van der Waals surface area contributed by atoms with E-state index in [0.29, 0.717) is 10.8 Å². The Balaban J connectivity index is 2.18. The molecule has 0 heterocycles. The summed E-state index contributed by atoms with van der Waals surface area (Å²) in [6.45, 7) is -0.730. The third-order valence-corrected chi connectivity index (χ3v) is 5.95. The second kappa shape index (κ2) is 9.39. The third kappa shape index (κ3) is 5.61. The highest BCUT2D eigenvalue weighted by molar-refractivity contribution is 14.1. The SMILES string of the molecule is CC(N)C(I)C(=O)Oc1ccc2cc(C(=O)OCC(O)(C(F)(F)F)C(F)(F)F)ccc2c1. The summed E-state index contributed by atoms with van der Waals surface area (Å²) in [4.78, 5) is 24.0. The number of ether oxygens (including phenoxy) is 2. The first-order valence-electron chi connectivity index (χ1n) is 8.75. The molecule has 2 rings (SSSR count). The fourth-order valence-corrected chi connectivity index (χ4v) is 2.51. The minimum absolute atomic E-state index is 0.167. The van der Waals surface area contributed by atoms with E-state index in [0.717, 1.165) is 12.1 Å². The number of fused-ring (bicyclic) bond motifs is 1. The molecule has 6 nitrogen and oxygen atoms in total. The third-order valence-electron chi connectivity index (χ3n) is 4.30. The van der Waals surface area contributed by atoms with Crippen LogP contribution in [0.15, 0.2) is 36.4 Å². The molecule has 0 saturated heterocycles. The minimum Gasteiger partial charge on any atom is -0.458 e. The standard InChI is InChI=1S/C19H16F6INO5/c1-9(27)14(26)16(29)32-13-5-4-10-6-12(3-2-11(10)7-13)15(28)31-8-17(30,18(20,21)22)19(23,24)25/h2-7,9,14,30H,8,27H2,1H3. The summed E-state index contributed by atoms with van der Waals surface area (Å²) < 4.78 is 84.8. The molecule has 0 aromatic heterocycles. The molecule has 0 aliphatic rings. The van der Waals surface area contributed by atoms with Crippen LogP contribution < -0.4 is 10.5 Å². The summed E-state index contributed by atoms with van der Waals surface area (Å²) >= 11 is 1.83. The highest BCUT2D eigenvalue weighted by Crippen LogP contribution is 2.43. The van der Waals surface area contributed by atoms with E-state index in [1.165, 1.54) is 24.3 Å². The lowest BCUT2D eigenvalue weighted by Gasteiger charge is -2.31. The molecular weight excluding hydrogens is 563 g/mol. The van der Waals surface area contributed by atoms with Gasteiger partial charge in [-0.05, 0) is 42.0 Å². The van der Waals surface area contributed by atoms with Gasteiger partial charge in [-0.25, -0.2) is 4.79 Å². The van der Waals surface area contributed by atoms with Crippen molar-refractivity contribution in [2.24, 2.45) is 5.73 Å². The molecule has 0 aliphatic carbocycles. The maximum atomic E-state index is 12.7. The fourth-order valence-electron chi connectivity index (χ4n) is 2.38. The van der Waals surface area contributed by atoms with Crippen molar-refractivity contribution in [1.29, 1.82) is 0 Å². The van der Waals surface area contributed by atoms with Crippen molar-refractivity contribution < 1.29 is 50.5 Å². The summed E-state index contributed by atoms with van der Waals surface area (Å²) in [6, 6.07) is 7.38. The smallest absolute Gasteiger partial charge is 0.429 e. The van der Waals surface area contributed by atoms with Crippen LogP contribution in [0.5, 0.6) is 5.75 Å². The molecule has 0 bridgehead atoms. The molecule has 2 unspecified atom stereocenters. The van der Waals surface area contributed by atoms with Crippen LogP contribution >= 0.6 is 22.6 Å². The number of nitrogens with two attached hydrogens (primary N) is 1. The molecule has 0 amide bonds. The number of halogens is 7. The van der Waals surface area contributed by atoms with Gasteiger partial charge in [0.15, 0.2) is 0 Å². The quantitative estimate of drug-likeness (QED) is 0.177. The fraction of sp³-hybridized carbons (Fsp3) is 0.368. The van der Waals surface area contributed by atoms with Crippen molar-refractivity contribution in [2.45, 2.75) is 34.8 Å². The lowest BCUT2D eigenvalue weighted by Crippen LogP contribution is -2.60. The number of hydrogen-bond donors (Lipinski definition) is 2. The van der Waals surface area contributed by atoms with Crippen LogP contribution in [0.2, 0.25) is 0 Å². The molecule has 0 fully saturated rings. The Hall–Kier alpha value is -2.13. The van der Waals surface area contributed by atoms with E-state index in [4.69, 9.17) is 15.6 Å². The minimum atomic E-state index is -6.11. The molecule has 13 heteroatoms. The number of carbonyl (C=O) groups excluding carboxylic acids is 2. The number of esters is 2. The number of carbonyl (C=O) groups is 2. The first-order valence-corrected chi connectivity index (χ1v) is 9.99. The normalized spacial score (nSPS) is 14.7. The van der Waals surface area contributed by atoms with E-state index in [1.54, 1.807) is 6.92 Å². The lowest BCUT2D eigenvalue weighted by molar-refractivity contribution is -0.374. The van der Waals surface area contributed by atoms with Crippen LogP contribution in [-0.2, 0) is 9.53 Å². The summed E-state index contributed by atoms with van der Waals surface area (Å²) in [6.07, 6.45) is -12.2. The average Bonchev–Trinajstić information content (AvgIpc) is 2.68. The van der Waals surface area contributed by atoms with Gasteiger partial charge in [-0.15, -0.1) is 0 Å². The van der Waals surface area contributed by atoms with E-state index < -0.39 is 46.5 Å². The summed E-state index contributed by atoms with van der Waals surface area (Å²) in [7, 11) is 0. The Morgan fingerprint density at radius 3 is 2.09 bits per heavy atom. The van der Waals surface area contributed by atoms with Crippen molar-refractivity contribution in [2.75, 3.05) is 6.61 Å². The highest BCUT2D eigenvalue weighted by Gasteiger charge is 2.71. The van der Waals surface area contributed by atoms with Crippen LogP contribution in [-0.4, -0.2) is 51.6 Å². The van der Waals surface area contributed by atoms with Crippen molar-refractivity contribution in [1.82, 2.24) is 0 Å². The van der Waals surface area contributed by atoms with Crippen LogP contribution in [0.25, 0.3) is 10.8 Å². The van der Waals surface area contributed by atoms with Gasteiger partial charge in [0.1, 0.15) is 16.3 Å². The van der Waals surface area contributed by atoms with Crippen LogP contribution in [0.1, 0.15) is 17.3 Å². The van der Waals surface area contributed by atoms with Gasteiger partial charge in [0.25, 0.3) is 5.60 Å². The van der Waals surface area contributed by atoms with E-state index in [-0.39, 0.29) is 11.3 Å². The Kier molecular flexibility index (Phi) is 7.67. The van der Waals surface area contributed by atoms with E-state index in [2.05, 4.69) is 4.74 Å². The molecule has 0 saturated carbocycles. The van der Waals surface area contributed by atoms with Gasteiger partial charge in [-0.1, -0.05) is 34.7 Å². The first kappa shape index (κ1) is 26.1. The second-order valence-corrected chi connectivity index (χ2v) is 8.18. The largest absolute Gasteiger partial charge is 0.458 e. The lowest BCUT2D eigenvalue weighted by atomic mass is 10.0. The molecule has 3 N–H and O–H groups in total. The Labute approximate surface area is 190 Å². The molecule has 0 aliphatic heterocycles. The van der Waals surface area contributed by atoms with E-state index in [9.17, 15) is 35.9 Å². The predicted octanol–water partition coefficient (Wildman–Crippen LogP) is 3.91. The van der Waals surface area contributed by atoms with Crippen LogP contribution in [0.3, 0.4) is 0 Å². The maximum Gasteiger partial charge on any atom is 0.429 e. The molecule has 2 aromatic carbocycles. The van der Waals surface area contributed by atoms with Gasteiger partial charge < -0.3 is 20.3 Å². The van der Waals surface area contributed by atoms with E-state index >= 15 is 0 Å². The van der Waals surface area contributed by atoms with Crippen molar-refractivity contribution >= 4 is 45.3 Å². The van der Waals surface area contributed by atoms with Gasteiger partial charge in [-0.3, -0.25) is 4.79 Å². The Bertz CT molecular complexity index is 994. The zero-order chi connectivity index (χ0) is 24.5. The average molecular weight is 579 g/mol. The zero-order valence-corrected chi connectivity index (χ0v) is 18.3. The number of rotatable bonds is 6. The predicted molar refractivity (Wildman–Crippen MR) is 108 cm³/mol. The molecule has 2 atom stereocenters. The highest BCUT2D eigenvalue weighted by atomic mass is 127. The van der Waals surface area contributed by atoms with Crippen molar-refractivity contribution in [3.05, 3.63) is 42.0 Å². The van der Waals surface area contributed by atoms with Crippen molar-refractivity contribution in [3.63, 3.8) is 0 Å².